The van der Waals surface area contributed by atoms with Gasteiger partial charge in [-0.3, -0.25) is 0 Å². The van der Waals surface area contributed by atoms with Gasteiger partial charge in [0.25, 0.3) is 0 Å². The van der Waals surface area contributed by atoms with E-state index in [0.29, 0.717) is 11.3 Å². The number of hydrogen-bond acceptors (Lipinski definition) is 3. The Labute approximate surface area is 145 Å². The second-order valence-electron chi connectivity index (χ2n) is 5.69. The van der Waals surface area contributed by atoms with Crippen molar-refractivity contribution in [2.24, 2.45) is 5.16 Å². The SMILES string of the molecule is CO/N=C(\C)C(C)c1ccc(OCc2cccc(C(F)(F)F)c2)cc1. The number of halogens is 3. The summed E-state index contributed by atoms with van der Waals surface area (Å²) in [5.74, 6) is 0.687. The summed E-state index contributed by atoms with van der Waals surface area (Å²) < 4.78 is 43.7. The minimum Gasteiger partial charge on any atom is -0.489 e. The molecule has 0 amide bonds. The lowest BCUT2D eigenvalue weighted by Gasteiger charge is -2.13. The second kappa shape index (κ2) is 8.05. The molecule has 2 aromatic rings. The number of nitrogens with zero attached hydrogens (tertiary/aromatic N) is 1. The minimum absolute atomic E-state index is 0.0724. The molecule has 0 aliphatic rings. The second-order valence-corrected chi connectivity index (χ2v) is 5.69. The lowest BCUT2D eigenvalue weighted by molar-refractivity contribution is -0.137. The van der Waals surface area contributed by atoms with Gasteiger partial charge in [-0.15, -0.1) is 0 Å². The van der Waals surface area contributed by atoms with Gasteiger partial charge < -0.3 is 9.57 Å². The standard InChI is InChI=1S/C19H20F3NO2/c1-13(14(2)23-24-3)16-7-9-18(10-8-16)25-12-15-5-4-6-17(11-15)19(20,21)22/h4-11,13H,12H2,1-3H3/b23-14+. The Morgan fingerprint density at radius 1 is 1.12 bits per heavy atom. The van der Waals surface area contributed by atoms with Crippen molar-refractivity contribution in [2.45, 2.75) is 32.5 Å². The van der Waals surface area contributed by atoms with Crippen LogP contribution >= 0.6 is 0 Å². The van der Waals surface area contributed by atoms with Crippen molar-refractivity contribution >= 4 is 5.71 Å². The van der Waals surface area contributed by atoms with Gasteiger partial charge in [-0.05, 0) is 42.3 Å². The van der Waals surface area contributed by atoms with Crippen molar-refractivity contribution in [3.63, 3.8) is 0 Å². The van der Waals surface area contributed by atoms with E-state index in [2.05, 4.69) is 5.16 Å². The van der Waals surface area contributed by atoms with Crippen molar-refractivity contribution in [2.75, 3.05) is 7.11 Å². The van der Waals surface area contributed by atoms with E-state index in [1.165, 1.54) is 13.2 Å². The summed E-state index contributed by atoms with van der Waals surface area (Å²) in [6.07, 6.45) is -4.35. The van der Waals surface area contributed by atoms with Crippen LogP contribution in [0.1, 0.15) is 36.5 Å². The highest BCUT2D eigenvalue weighted by Crippen LogP contribution is 2.30. The molecule has 0 aliphatic carbocycles. The average molecular weight is 351 g/mol. The van der Waals surface area contributed by atoms with Gasteiger partial charge in [0.15, 0.2) is 0 Å². The highest BCUT2D eigenvalue weighted by molar-refractivity contribution is 5.87. The molecule has 0 radical (unpaired) electrons. The van der Waals surface area contributed by atoms with Gasteiger partial charge in [-0.2, -0.15) is 13.2 Å². The van der Waals surface area contributed by atoms with Gasteiger partial charge in [0.05, 0.1) is 11.3 Å². The summed E-state index contributed by atoms with van der Waals surface area (Å²) in [6, 6.07) is 12.5. The van der Waals surface area contributed by atoms with Crippen LogP contribution in [0.2, 0.25) is 0 Å². The summed E-state index contributed by atoms with van der Waals surface area (Å²) in [4.78, 5) is 4.77. The first-order chi connectivity index (χ1) is 11.8. The fourth-order valence-electron chi connectivity index (χ4n) is 2.32. The quantitative estimate of drug-likeness (QED) is 0.515. The monoisotopic (exact) mass is 351 g/mol. The third-order valence-electron chi connectivity index (χ3n) is 3.90. The summed E-state index contributed by atoms with van der Waals surface area (Å²) in [5, 5.41) is 3.92. The highest BCUT2D eigenvalue weighted by atomic mass is 19.4. The van der Waals surface area contributed by atoms with Gasteiger partial charge in [-0.1, -0.05) is 36.3 Å². The first-order valence-electron chi connectivity index (χ1n) is 7.78. The number of rotatable bonds is 6. The molecular formula is C19H20F3NO2. The van der Waals surface area contributed by atoms with Gasteiger partial charge in [0.2, 0.25) is 0 Å². The lowest BCUT2D eigenvalue weighted by atomic mass is 9.97. The fraction of sp³-hybridized carbons (Fsp3) is 0.316. The van der Waals surface area contributed by atoms with Crippen molar-refractivity contribution in [1.82, 2.24) is 0 Å². The van der Waals surface area contributed by atoms with Crippen LogP contribution in [0.25, 0.3) is 0 Å². The zero-order valence-electron chi connectivity index (χ0n) is 14.3. The maximum absolute atomic E-state index is 12.7. The molecule has 0 saturated heterocycles. The molecule has 6 heteroatoms. The van der Waals surface area contributed by atoms with Crippen molar-refractivity contribution < 1.29 is 22.7 Å². The van der Waals surface area contributed by atoms with E-state index >= 15 is 0 Å². The smallest absolute Gasteiger partial charge is 0.416 e. The molecule has 0 heterocycles. The Bertz CT molecular complexity index is 724. The summed E-state index contributed by atoms with van der Waals surface area (Å²) in [5.41, 5.74) is 1.69. The number of ether oxygens (including phenoxy) is 1. The molecule has 2 rings (SSSR count). The third kappa shape index (κ3) is 5.24. The normalized spacial score (nSPS) is 13.4. The molecular weight excluding hydrogens is 331 g/mol. The Hall–Kier alpha value is -2.50. The first-order valence-corrected chi connectivity index (χ1v) is 7.78. The average Bonchev–Trinajstić information content (AvgIpc) is 2.59. The largest absolute Gasteiger partial charge is 0.489 e. The zero-order valence-corrected chi connectivity index (χ0v) is 14.3. The Morgan fingerprint density at radius 2 is 1.80 bits per heavy atom. The lowest BCUT2D eigenvalue weighted by Crippen LogP contribution is -2.06. The van der Waals surface area contributed by atoms with Crippen LogP contribution in [0.5, 0.6) is 5.75 Å². The maximum atomic E-state index is 12.7. The van der Waals surface area contributed by atoms with Crippen LogP contribution in [0.3, 0.4) is 0 Å². The molecule has 2 aromatic carbocycles. The molecule has 1 atom stereocenters. The Balaban J connectivity index is 2.02. The van der Waals surface area contributed by atoms with E-state index in [0.717, 1.165) is 23.4 Å². The minimum atomic E-state index is -4.35. The zero-order chi connectivity index (χ0) is 18.4. The maximum Gasteiger partial charge on any atom is 0.416 e. The molecule has 0 aromatic heterocycles. The number of hydrogen-bond donors (Lipinski definition) is 0. The van der Waals surface area contributed by atoms with E-state index < -0.39 is 11.7 Å². The van der Waals surface area contributed by atoms with Gasteiger partial charge in [0, 0.05) is 5.92 Å². The van der Waals surface area contributed by atoms with E-state index in [1.54, 1.807) is 18.2 Å². The van der Waals surface area contributed by atoms with Gasteiger partial charge in [0.1, 0.15) is 19.5 Å². The summed E-state index contributed by atoms with van der Waals surface area (Å²) in [6.45, 7) is 3.96. The molecule has 1 unspecified atom stereocenters. The molecule has 134 valence electrons. The molecule has 25 heavy (non-hydrogen) atoms. The molecule has 0 fully saturated rings. The van der Waals surface area contributed by atoms with E-state index in [-0.39, 0.29) is 12.5 Å². The molecule has 0 bridgehead atoms. The summed E-state index contributed by atoms with van der Waals surface area (Å²) >= 11 is 0. The van der Waals surface area contributed by atoms with Crippen molar-refractivity contribution in [3.05, 3.63) is 65.2 Å². The predicted molar refractivity (Wildman–Crippen MR) is 90.8 cm³/mol. The topological polar surface area (TPSA) is 30.8 Å². The third-order valence-corrected chi connectivity index (χ3v) is 3.90. The molecule has 0 spiro atoms. The molecule has 3 nitrogen and oxygen atoms in total. The molecule has 0 aliphatic heterocycles. The van der Waals surface area contributed by atoms with Crippen LogP contribution < -0.4 is 4.74 Å². The first kappa shape index (κ1) is 18.8. The molecule has 0 N–H and O–H groups in total. The predicted octanol–water partition coefficient (Wildman–Crippen LogP) is 5.41. The number of alkyl halides is 3. The van der Waals surface area contributed by atoms with Crippen LogP contribution in [-0.2, 0) is 17.6 Å². The van der Waals surface area contributed by atoms with Crippen LogP contribution in [0, 0.1) is 0 Å². The van der Waals surface area contributed by atoms with Crippen molar-refractivity contribution in [1.29, 1.82) is 0 Å². The van der Waals surface area contributed by atoms with Crippen molar-refractivity contribution in [3.8, 4) is 5.75 Å². The van der Waals surface area contributed by atoms with Gasteiger partial charge >= 0.3 is 6.18 Å². The summed E-state index contributed by atoms with van der Waals surface area (Å²) in [7, 11) is 1.50. The van der Waals surface area contributed by atoms with E-state index in [1.807, 2.05) is 26.0 Å². The fourth-order valence-corrected chi connectivity index (χ4v) is 2.32. The van der Waals surface area contributed by atoms with E-state index in [9.17, 15) is 13.2 Å². The van der Waals surface area contributed by atoms with Crippen LogP contribution in [-0.4, -0.2) is 12.8 Å². The van der Waals surface area contributed by atoms with E-state index in [4.69, 9.17) is 9.57 Å². The molecule has 0 saturated carbocycles. The number of benzene rings is 2. The van der Waals surface area contributed by atoms with Crippen LogP contribution in [0.4, 0.5) is 13.2 Å². The highest BCUT2D eigenvalue weighted by Gasteiger charge is 2.30. The number of oxime groups is 1. The Kier molecular flexibility index (Phi) is 6.07. The van der Waals surface area contributed by atoms with Gasteiger partial charge in [-0.25, -0.2) is 0 Å². The Morgan fingerprint density at radius 3 is 2.40 bits per heavy atom. The van der Waals surface area contributed by atoms with Crippen LogP contribution in [0.15, 0.2) is 53.7 Å².